The van der Waals surface area contributed by atoms with Crippen molar-refractivity contribution in [2.24, 2.45) is 0 Å². The normalized spacial score (nSPS) is 15.2. The summed E-state index contributed by atoms with van der Waals surface area (Å²) in [5, 5.41) is 0.355. The second-order valence-electron chi connectivity index (χ2n) is 6.99. The van der Waals surface area contributed by atoms with E-state index in [1.807, 2.05) is 0 Å². The van der Waals surface area contributed by atoms with E-state index >= 15 is 0 Å². The van der Waals surface area contributed by atoms with Crippen LogP contribution >= 0.6 is 23.2 Å². The average Bonchev–Trinajstić information content (AvgIpc) is 2.75. The van der Waals surface area contributed by atoms with E-state index in [4.69, 9.17) is 32.7 Å². The van der Waals surface area contributed by atoms with Gasteiger partial charge >= 0.3 is 0 Å². The molecule has 30 heavy (non-hydrogen) atoms. The van der Waals surface area contributed by atoms with Crippen molar-refractivity contribution in [3.05, 3.63) is 57.6 Å². The second-order valence-corrected chi connectivity index (χ2v) is 9.71. The van der Waals surface area contributed by atoms with E-state index in [0.29, 0.717) is 30.0 Å². The maximum Gasteiger partial charge on any atom is 0.244 e. The van der Waals surface area contributed by atoms with E-state index in [9.17, 15) is 13.2 Å². The number of halogens is 2. The summed E-state index contributed by atoms with van der Waals surface area (Å²) in [7, 11) is -2.19. The summed E-state index contributed by atoms with van der Waals surface area (Å²) >= 11 is 12.4. The van der Waals surface area contributed by atoms with Crippen LogP contribution in [-0.2, 0) is 21.4 Å². The number of piperidine rings is 1. The Bertz CT molecular complexity index is 1020. The molecule has 1 aliphatic heterocycles. The average molecular weight is 472 g/mol. The molecule has 0 N–H and O–H groups in total. The van der Waals surface area contributed by atoms with E-state index in [0.717, 1.165) is 19.3 Å². The maximum absolute atomic E-state index is 13.0. The van der Waals surface area contributed by atoms with Gasteiger partial charge in [0.2, 0.25) is 10.0 Å². The Morgan fingerprint density at radius 1 is 1.07 bits per heavy atom. The van der Waals surface area contributed by atoms with Crippen molar-refractivity contribution in [3.63, 3.8) is 0 Å². The van der Waals surface area contributed by atoms with E-state index in [1.165, 1.54) is 23.5 Å². The summed E-state index contributed by atoms with van der Waals surface area (Å²) in [6.45, 7) is 0.749. The number of Topliss-reactive ketones (excluding diaryl/α,β-unsaturated/α-hetero) is 1. The molecule has 1 fully saturated rings. The smallest absolute Gasteiger partial charge is 0.244 e. The number of carbonyl (C=O) groups is 1. The van der Waals surface area contributed by atoms with Gasteiger partial charge in [0, 0.05) is 23.7 Å². The van der Waals surface area contributed by atoms with Crippen LogP contribution < -0.4 is 4.74 Å². The highest BCUT2D eigenvalue weighted by Gasteiger charge is 2.29. The summed E-state index contributed by atoms with van der Waals surface area (Å²) in [4.78, 5) is 12.3. The van der Waals surface area contributed by atoms with Gasteiger partial charge in [0.15, 0.2) is 5.78 Å². The Balaban J connectivity index is 1.72. The lowest BCUT2D eigenvalue weighted by Gasteiger charge is -2.26. The summed E-state index contributed by atoms with van der Waals surface area (Å²) < 4.78 is 38.1. The Labute approximate surface area is 186 Å². The fraction of sp³-hybridized carbons (Fsp3) is 0.381. The van der Waals surface area contributed by atoms with Gasteiger partial charge in [-0.2, -0.15) is 4.31 Å². The topological polar surface area (TPSA) is 72.9 Å². The van der Waals surface area contributed by atoms with Crippen molar-refractivity contribution in [2.75, 3.05) is 26.8 Å². The predicted molar refractivity (Wildman–Crippen MR) is 116 cm³/mol. The number of ketones is 1. The highest BCUT2D eigenvalue weighted by molar-refractivity contribution is 7.89. The monoisotopic (exact) mass is 471 g/mol. The van der Waals surface area contributed by atoms with Gasteiger partial charge in [0.05, 0.1) is 18.7 Å². The Kier molecular flexibility index (Phi) is 7.76. The van der Waals surface area contributed by atoms with Crippen LogP contribution in [0.4, 0.5) is 0 Å². The first-order valence-electron chi connectivity index (χ1n) is 9.56. The minimum Gasteiger partial charge on any atom is -0.497 e. The highest BCUT2D eigenvalue weighted by Crippen LogP contribution is 2.32. The molecule has 0 aliphatic carbocycles. The zero-order valence-corrected chi connectivity index (χ0v) is 18.9. The molecule has 162 valence electrons. The van der Waals surface area contributed by atoms with Gasteiger partial charge < -0.3 is 9.47 Å². The quantitative estimate of drug-likeness (QED) is 0.526. The fourth-order valence-corrected chi connectivity index (χ4v) is 5.60. The van der Waals surface area contributed by atoms with Crippen LogP contribution in [0.25, 0.3) is 0 Å². The van der Waals surface area contributed by atoms with Crippen molar-refractivity contribution < 1.29 is 22.7 Å². The Morgan fingerprint density at radius 2 is 1.80 bits per heavy atom. The number of hydrogen-bond acceptors (Lipinski definition) is 5. The van der Waals surface area contributed by atoms with Crippen LogP contribution in [0, 0.1) is 0 Å². The van der Waals surface area contributed by atoms with E-state index in [-0.39, 0.29) is 33.9 Å². The number of sulfonamides is 1. The van der Waals surface area contributed by atoms with Gasteiger partial charge in [-0.3, -0.25) is 4.79 Å². The molecule has 1 heterocycles. The van der Waals surface area contributed by atoms with E-state index < -0.39 is 10.0 Å². The summed E-state index contributed by atoms with van der Waals surface area (Å²) in [5.41, 5.74) is 0.917. The van der Waals surface area contributed by atoms with Crippen molar-refractivity contribution in [3.8, 4) is 5.75 Å². The Hall–Kier alpha value is -1.64. The molecule has 0 amide bonds. The predicted octanol–water partition coefficient (Wildman–Crippen LogP) is 4.58. The molecule has 0 bridgehead atoms. The third-order valence-electron chi connectivity index (χ3n) is 4.92. The third kappa shape index (κ3) is 5.34. The first kappa shape index (κ1) is 23.0. The van der Waals surface area contributed by atoms with E-state index in [2.05, 4.69) is 0 Å². The maximum atomic E-state index is 13.0. The van der Waals surface area contributed by atoms with Gasteiger partial charge in [-0.1, -0.05) is 41.8 Å². The first-order chi connectivity index (χ1) is 14.3. The van der Waals surface area contributed by atoms with Crippen LogP contribution in [-0.4, -0.2) is 45.3 Å². The number of nitrogens with zero attached hydrogens (tertiary/aromatic N) is 1. The summed E-state index contributed by atoms with van der Waals surface area (Å²) in [6.07, 6.45) is 2.67. The minimum atomic E-state index is -3.72. The fourth-order valence-electron chi connectivity index (χ4n) is 3.26. The molecule has 2 aromatic rings. The van der Waals surface area contributed by atoms with Gasteiger partial charge in [-0.25, -0.2) is 8.42 Å². The molecule has 0 radical (unpaired) electrons. The largest absolute Gasteiger partial charge is 0.497 e. The van der Waals surface area contributed by atoms with Crippen LogP contribution in [0.2, 0.25) is 10.0 Å². The number of hydrogen-bond donors (Lipinski definition) is 0. The number of rotatable bonds is 8. The zero-order valence-electron chi connectivity index (χ0n) is 16.6. The van der Waals surface area contributed by atoms with Crippen molar-refractivity contribution in [1.82, 2.24) is 4.31 Å². The number of ether oxygens (including phenoxy) is 2. The lowest BCUT2D eigenvalue weighted by molar-refractivity contribution is 0.0726. The molecule has 9 heteroatoms. The lowest BCUT2D eigenvalue weighted by Crippen LogP contribution is -2.35. The molecular formula is C21H23Cl2NO5S. The van der Waals surface area contributed by atoms with Gasteiger partial charge in [-0.05, 0) is 42.7 Å². The van der Waals surface area contributed by atoms with Crippen LogP contribution in [0.3, 0.4) is 0 Å². The molecule has 1 aliphatic rings. The van der Waals surface area contributed by atoms with Crippen LogP contribution in [0.5, 0.6) is 5.75 Å². The first-order valence-corrected chi connectivity index (χ1v) is 11.8. The van der Waals surface area contributed by atoms with Crippen molar-refractivity contribution >= 4 is 39.0 Å². The molecule has 6 nitrogen and oxygen atoms in total. The SMILES string of the molecule is COc1cccc(C(=O)COCc2cc(S(=O)(=O)N3CCCCC3)c(Cl)cc2Cl)c1. The molecule has 0 aromatic heterocycles. The number of methoxy groups -OCH3 is 1. The standard InChI is InChI=1S/C21H23Cl2NO5S/c1-28-17-7-5-6-15(10-17)20(25)14-29-13-16-11-21(19(23)12-18(16)22)30(26,27)24-8-3-2-4-9-24/h5-7,10-12H,2-4,8-9,13-14H2,1H3. The summed E-state index contributed by atoms with van der Waals surface area (Å²) in [6, 6.07) is 9.61. The van der Waals surface area contributed by atoms with E-state index in [1.54, 1.807) is 24.3 Å². The molecule has 0 saturated carbocycles. The number of carbonyl (C=O) groups excluding carboxylic acids is 1. The van der Waals surface area contributed by atoms with Crippen LogP contribution in [0.1, 0.15) is 35.2 Å². The van der Waals surface area contributed by atoms with Gasteiger partial charge in [0.1, 0.15) is 17.3 Å². The molecule has 0 unspecified atom stereocenters. The summed E-state index contributed by atoms with van der Waals surface area (Å²) in [5.74, 6) is 0.356. The highest BCUT2D eigenvalue weighted by atomic mass is 35.5. The van der Waals surface area contributed by atoms with Crippen molar-refractivity contribution in [1.29, 1.82) is 0 Å². The number of benzene rings is 2. The third-order valence-corrected chi connectivity index (χ3v) is 7.63. The van der Waals surface area contributed by atoms with Crippen molar-refractivity contribution in [2.45, 2.75) is 30.8 Å². The van der Waals surface area contributed by atoms with Gasteiger partial charge in [0.25, 0.3) is 0 Å². The molecule has 1 saturated heterocycles. The van der Waals surface area contributed by atoms with Crippen LogP contribution in [0.15, 0.2) is 41.3 Å². The van der Waals surface area contributed by atoms with Gasteiger partial charge in [-0.15, -0.1) is 0 Å². The minimum absolute atomic E-state index is 0.00758. The Morgan fingerprint density at radius 3 is 2.50 bits per heavy atom. The molecule has 3 rings (SSSR count). The molecule has 0 atom stereocenters. The second kappa shape index (κ2) is 10.1. The molecule has 2 aromatic carbocycles. The lowest BCUT2D eigenvalue weighted by atomic mass is 10.1. The zero-order chi connectivity index (χ0) is 21.7. The molecule has 0 spiro atoms. The molecular weight excluding hydrogens is 449 g/mol.